The van der Waals surface area contributed by atoms with E-state index in [0.717, 1.165) is 0 Å². The molecule has 0 unspecified atom stereocenters. The van der Waals surface area contributed by atoms with Gasteiger partial charge in [0.25, 0.3) is 0 Å². The maximum atomic E-state index is 13.1. The lowest BCUT2D eigenvalue weighted by Gasteiger charge is -2.16. The largest absolute Gasteiger partial charge is 0.466 e. The molecule has 0 saturated carbocycles. The van der Waals surface area contributed by atoms with E-state index in [4.69, 9.17) is 4.74 Å². The Balaban J connectivity index is 1.76. The molecule has 1 saturated heterocycles. The van der Waals surface area contributed by atoms with Crippen molar-refractivity contribution in [2.45, 2.75) is 12.8 Å². The molecule has 1 heterocycles. The number of halogens is 1. The molecule has 1 aromatic carbocycles. The van der Waals surface area contributed by atoms with Crippen LogP contribution in [0.2, 0.25) is 0 Å². The molecule has 0 aliphatic carbocycles. The summed E-state index contributed by atoms with van der Waals surface area (Å²) in [5.41, 5.74) is 0.541. The number of benzene rings is 1. The van der Waals surface area contributed by atoms with E-state index in [2.05, 4.69) is 4.74 Å². The van der Waals surface area contributed by atoms with Gasteiger partial charge in [-0.15, -0.1) is 0 Å². The van der Waals surface area contributed by atoms with Crippen LogP contribution in [0.25, 0.3) is 0 Å². The number of hydrogen-bond acceptors (Lipinski definition) is 6. The van der Waals surface area contributed by atoms with Gasteiger partial charge >= 0.3 is 11.9 Å². The van der Waals surface area contributed by atoms with Gasteiger partial charge in [0.15, 0.2) is 0 Å². The van der Waals surface area contributed by atoms with Crippen molar-refractivity contribution in [1.29, 1.82) is 0 Å². The Labute approximate surface area is 149 Å². The van der Waals surface area contributed by atoms with Crippen molar-refractivity contribution in [3.8, 4) is 0 Å². The molecule has 0 N–H and O–H groups in total. The van der Waals surface area contributed by atoms with Gasteiger partial charge in [0, 0.05) is 6.54 Å². The molecular weight excluding hydrogens is 349 g/mol. The number of ether oxygens (including phenoxy) is 2. The maximum Gasteiger partial charge on any atom is 0.333 e. The smallest absolute Gasteiger partial charge is 0.333 e. The summed E-state index contributed by atoms with van der Waals surface area (Å²) in [6.07, 6.45) is 1.69. The summed E-state index contributed by atoms with van der Waals surface area (Å²) in [6, 6.07) is 5.77. The van der Waals surface area contributed by atoms with Crippen molar-refractivity contribution in [2.24, 2.45) is 0 Å². The highest BCUT2D eigenvalue weighted by Crippen LogP contribution is 2.28. The van der Waals surface area contributed by atoms with E-state index in [1.807, 2.05) is 0 Å². The number of carbonyl (C=O) groups excluding carboxylic acids is 3. The predicted molar refractivity (Wildman–Crippen MR) is 90.0 cm³/mol. The highest BCUT2D eigenvalue weighted by atomic mass is 32.2. The van der Waals surface area contributed by atoms with E-state index < -0.39 is 17.8 Å². The minimum absolute atomic E-state index is 0.0102. The van der Waals surface area contributed by atoms with Crippen LogP contribution < -0.4 is 0 Å². The predicted octanol–water partition coefficient (Wildman–Crippen LogP) is 1.89. The number of hydrogen-bond donors (Lipinski definition) is 0. The van der Waals surface area contributed by atoms with Crippen LogP contribution in [-0.2, 0) is 30.3 Å². The maximum absolute atomic E-state index is 13.1. The van der Waals surface area contributed by atoms with Gasteiger partial charge in [0.05, 0.1) is 37.0 Å². The zero-order valence-electron chi connectivity index (χ0n) is 13.7. The zero-order valence-corrected chi connectivity index (χ0v) is 14.5. The molecule has 1 fully saturated rings. The number of carbonyl (C=O) groups is 3. The normalized spacial score (nSPS) is 15.5. The van der Waals surface area contributed by atoms with Crippen LogP contribution in [0.1, 0.15) is 12.0 Å². The third-order valence-electron chi connectivity index (χ3n) is 3.38. The first-order chi connectivity index (χ1) is 12.0. The van der Waals surface area contributed by atoms with Crippen LogP contribution in [-0.4, -0.2) is 48.8 Å². The summed E-state index contributed by atoms with van der Waals surface area (Å²) in [4.78, 5) is 36.3. The fourth-order valence-electron chi connectivity index (χ4n) is 2.20. The molecule has 1 aliphatic heterocycles. The van der Waals surface area contributed by atoms with Gasteiger partial charge < -0.3 is 14.4 Å². The van der Waals surface area contributed by atoms with Crippen LogP contribution in [0.4, 0.5) is 4.39 Å². The average Bonchev–Trinajstić information content (AvgIpc) is 2.91. The molecule has 0 spiro atoms. The van der Waals surface area contributed by atoms with Gasteiger partial charge in [-0.25, -0.2) is 9.18 Å². The molecule has 8 heteroatoms. The first-order valence-electron chi connectivity index (χ1n) is 7.62. The van der Waals surface area contributed by atoms with Gasteiger partial charge in [0.1, 0.15) is 5.82 Å². The lowest BCUT2D eigenvalue weighted by Crippen LogP contribution is -2.27. The lowest BCUT2D eigenvalue weighted by molar-refractivity contribution is -0.143. The molecule has 1 aliphatic rings. The third-order valence-corrected chi connectivity index (χ3v) is 4.41. The Bertz CT molecular complexity index is 691. The van der Waals surface area contributed by atoms with E-state index in [0.29, 0.717) is 23.6 Å². The first kappa shape index (κ1) is 19.0. The van der Waals surface area contributed by atoms with Crippen LogP contribution in [0.5, 0.6) is 0 Å². The number of esters is 2. The van der Waals surface area contributed by atoms with E-state index >= 15 is 0 Å². The standard InChI is InChI=1S/C17H18FNO5S/c1-23-16(21)10-15-19(14(20)11-25-15)6-3-7-24-17(22)9-12-4-2-5-13(18)8-12/h2,4-5,8,10H,3,6-7,9,11H2,1H3/b15-10+. The second-order valence-electron chi connectivity index (χ2n) is 5.22. The molecule has 25 heavy (non-hydrogen) atoms. The molecule has 2 rings (SSSR count). The SMILES string of the molecule is COC(=O)/C=C1/SCC(=O)N1CCCOC(=O)Cc1cccc(F)c1. The van der Waals surface area contributed by atoms with Crippen molar-refractivity contribution >= 4 is 29.6 Å². The van der Waals surface area contributed by atoms with Crippen molar-refractivity contribution in [3.63, 3.8) is 0 Å². The van der Waals surface area contributed by atoms with Gasteiger partial charge in [-0.05, 0) is 24.1 Å². The first-order valence-corrected chi connectivity index (χ1v) is 8.61. The van der Waals surface area contributed by atoms with E-state index in [1.54, 1.807) is 6.07 Å². The van der Waals surface area contributed by atoms with Crippen molar-refractivity contribution in [2.75, 3.05) is 26.0 Å². The van der Waals surface area contributed by atoms with Crippen LogP contribution in [0.3, 0.4) is 0 Å². The molecule has 0 radical (unpaired) electrons. The quantitative estimate of drug-likeness (QED) is 0.416. The highest BCUT2D eigenvalue weighted by Gasteiger charge is 2.27. The topological polar surface area (TPSA) is 72.9 Å². The minimum atomic E-state index is -0.524. The minimum Gasteiger partial charge on any atom is -0.466 e. The highest BCUT2D eigenvalue weighted by molar-refractivity contribution is 8.04. The van der Waals surface area contributed by atoms with Crippen molar-refractivity contribution < 1.29 is 28.2 Å². The van der Waals surface area contributed by atoms with Crippen LogP contribution in [0.15, 0.2) is 35.4 Å². The molecule has 0 aromatic heterocycles. The number of nitrogens with zero attached hydrogens (tertiary/aromatic N) is 1. The van der Waals surface area contributed by atoms with Gasteiger partial charge in [-0.1, -0.05) is 23.9 Å². The Morgan fingerprint density at radius 2 is 2.20 bits per heavy atom. The molecule has 6 nitrogen and oxygen atoms in total. The summed E-state index contributed by atoms with van der Waals surface area (Å²) in [7, 11) is 1.27. The summed E-state index contributed by atoms with van der Waals surface area (Å²) >= 11 is 1.26. The van der Waals surface area contributed by atoms with Gasteiger partial charge in [-0.2, -0.15) is 0 Å². The van der Waals surface area contributed by atoms with E-state index in [-0.39, 0.29) is 24.7 Å². The lowest BCUT2D eigenvalue weighted by atomic mass is 10.1. The van der Waals surface area contributed by atoms with Crippen molar-refractivity contribution in [3.05, 3.63) is 46.8 Å². The summed E-state index contributed by atoms with van der Waals surface area (Å²) in [6.45, 7) is 0.468. The third kappa shape index (κ3) is 5.90. The van der Waals surface area contributed by atoms with Crippen LogP contribution in [0, 0.1) is 5.82 Å². The fraction of sp³-hybridized carbons (Fsp3) is 0.353. The molecule has 1 aromatic rings. The molecule has 0 bridgehead atoms. The Hall–Kier alpha value is -2.35. The number of rotatable bonds is 7. The molecule has 0 atom stereocenters. The second-order valence-corrected chi connectivity index (χ2v) is 6.22. The number of thioether (sulfide) groups is 1. The van der Waals surface area contributed by atoms with Crippen molar-refractivity contribution in [1.82, 2.24) is 4.90 Å². The Morgan fingerprint density at radius 3 is 2.92 bits per heavy atom. The molecule has 134 valence electrons. The number of amides is 1. The van der Waals surface area contributed by atoms with Crippen LogP contribution >= 0.6 is 11.8 Å². The zero-order chi connectivity index (χ0) is 18.2. The molecule has 1 amide bonds. The fourth-order valence-corrected chi connectivity index (χ4v) is 3.16. The Morgan fingerprint density at radius 1 is 1.40 bits per heavy atom. The van der Waals surface area contributed by atoms with Gasteiger partial charge in [-0.3, -0.25) is 9.59 Å². The second kappa shape index (κ2) is 9.22. The summed E-state index contributed by atoms with van der Waals surface area (Å²) in [5.74, 6) is -1.23. The van der Waals surface area contributed by atoms with E-state index in [1.165, 1.54) is 48.0 Å². The monoisotopic (exact) mass is 367 g/mol. The average molecular weight is 367 g/mol. The molecular formula is C17H18FNO5S. The number of methoxy groups -OCH3 is 1. The summed E-state index contributed by atoms with van der Waals surface area (Å²) < 4.78 is 22.7. The van der Waals surface area contributed by atoms with E-state index in [9.17, 15) is 18.8 Å². The van der Waals surface area contributed by atoms with Gasteiger partial charge in [0.2, 0.25) is 5.91 Å². The summed E-state index contributed by atoms with van der Waals surface area (Å²) in [5, 5.41) is 0.530. The Kier molecular flexibility index (Phi) is 7.00.